The third kappa shape index (κ3) is 5.27. The number of likely N-dealkylation sites (N-methyl/N-ethyl adjacent to an activating group) is 1. The number of hydrogen-bond acceptors (Lipinski definition) is 5. The van der Waals surface area contributed by atoms with Crippen LogP contribution in [0.3, 0.4) is 0 Å². The molecule has 2 heterocycles. The van der Waals surface area contributed by atoms with E-state index in [9.17, 15) is 4.79 Å². The fraction of sp³-hybridized carbons (Fsp3) is 0.480. The Morgan fingerprint density at radius 3 is 2.62 bits per heavy atom. The van der Waals surface area contributed by atoms with Gasteiger partial charge < -0.3 is 10.1 Å². The Morgan fingerprint density at radius 1 is 1.19 bits per heavy atom. The highest BCUT2D eigenvalue weighted by molar-refractivity contribution is 5.76. The van der Waals surface area contributed by atoms with E-state index >= 15 is 0 Å². The van der Waals surface area contributed by atoms with Crippen molar-refractivity contribution in [1.29, 1.82) is 0 Å². The lowest BCUT2D eigenvalue weighted by Crippen LogP contribution is -2.38. The monoisotopic (exact) mass is 437 g/mol. The Morgan fingerprint density at radius 2 is 1.94 bits per heavy atom. The summed E-state index contributed by atoms with van der Waals surface area (Å²) >= 11 is 0. The summed E-state index contributed by atoms with van der Waals surface area (Å²) in [6.07, 6.45) is 1.05. The van der Waals surface area contributed by atoms with Crippen molar-refractivity contribution in [3.05, 3.63) is 58.5 Å². The van der Waals surface area contributed by atoms with Gasteiger partial charge in [0.25, 0.3) is 0 Å². The molecule has 0 spiro atoms. The number of fused-ring (bicyclic) bond motifs is 1. The number of ether oxygens (including phenoxy) is 1. The van der Waals surface area contributed by atoms with E-state index < -0.39 is 0 Å². The molecule has 0 aliphatic heterocycles. The number of amides is 1. The van der Waals surface area contributed by atoms with Crippen molar-refractivity contribution < 1.29 is 9.53 Å². The lowest BCUT2D eigenvalue weighted by atomic mass is 10.0. The van der Waals surface area contributed by atoms with Crippen molar-refractivity contribution in [2.45, 2.75) is 53.5 Å². The molecule has 2 aromatic heterocycles. The number of rotatable bonds is 10. The maximum absolute atomic E-state index is 12.8. The number of carbonyl (C=O) groups excluding carboxylic acids is 1. The fourth-order valence-electron chi connectivity index (χ4n) is 4.31. The molecular formula is C25H35N5O2. The van der Waals surface area contributed by atoms with Crippen LogP contribution in [0.5, 0.6) is 5.75 Å². The van der Waals surface area contributed by atoms with E-state index in [1.54, 1.807) is 7.11 Å². The highest BCUT2D eigenvalue weighted by Gasteiger charge is 2.20. The van der Waals surface area contributed by atoms with Gasteiger partial charge in [0.15, 0.2) is 5.65 Å². The molecule has 1 N–H and O–H groups in total. The van der Waals surface area contributed by atoms with Crippen LogP contribution in [0, 0.1) is 20.8 Å². The minimum absolute atomic E-state index is 0.0422. The quantitative estimate of drug-likeness (QED) is 0.522. The van der Waals surface area contributed by atoms with Crippen LogP contribution in [0.15, 0.2) is 30.3 Å². The van der Waals surface area contributed by atoms with E-state index in [1.165, 1.54) is 0 Å². The van der Waals surface area contributed by atoms with E-state index in [-0.39, 0.29) is 11.9 Å². The lowest BCUT2D eigenvalue weighted by molar-refractivity contribution is -0.121. The van der Waals surface area contributed by atoms with Gasteiger partial charge in [-0.05, 0) is 63.5 Å². The number of methoxy groups -OCH3 is 1. The van der Waals surface area contributed by atoms with Crippen LogP contribution in [0.25, 0.3) is 5.65 Å². The SMILES string of the molecule is CCN(CC)C(CNC(=O)CCc1c(C)nc2cc(C)nn2c1C)c1cccc(OC)c1. The highest BCUT2D eigenvalue weighted by atomic mass is 16.5. The summed E-state index contributed by atoms with van der Waals surface area (Å²) in [5, 5.41) is 7.68. The van der Waals surface area contributed by atoms with Gasteiger partial charge in [-0.2, -0.15) is 5.10 Å². The first-order valence-electron chi connectivity index (χ1n) is 11.3. The van der Waals surface area contributed by atoms with Crippen LogP contribution < -0.4 is 10.1 Å². The average Bonchev–Trinajstić information content (AvgIpc) is 3.16. The largest absolute Gasteiger partial charge is 0.497 e. The second-order valence-corrected chi connectivity index (χ2v) is 8.13. The molecule has 172 valence electrons. The van der Waals surface area contributed by atoms with Crippen molar-refractivity contribution >= 4 is 11.6 Å². The summed E-state index contributed by atoms with van der Waals surface area (Å²) in [5.74, 6) is 0.870. The molecular weight excluding hydrogens is 402 g/mol. The molecule has 1 amide bonds. The Kier molecular flexibility index (Phi) is 7.85. The smallest absolute Gasteiger partial charge is 0.220 e. The molecule has 0 radical (unpaired) electrons. The molecule has 0 aliphatic carbocycles. The molecule has 1 unspecified atom stereocenters. The van der Waals surface area contributed by atoms with E-state index in [4.69, 9.17) is 4.74 Å². The van der Waals surface area contributed by atoms with Crippen molar-refractivity contribution in [2.75, 3.05) is 26.7 Å². The number of nitrogens with zero attached hydrogens (tertiary/aromatic N) is 4. The molecule has 0 saturated carbocycles. The predicted octanol–water partition coefficient (Wildman–Crippen LogP) is 3.80. The van der Waals surface area contributed by atoms with Crippen molar-refractivity contribution in [3.63, 3.8) is 0 Å². The van der Waals surface area contributed by atoms with Gasteiger partial charge in [0.05, 0.1) is 18.8 Å². The van der Waals surface area contributed by atoms with E-state index in [0.29, 0.717) is 19.4 Å². The van der Waals surface area contributed by atoms with Gasteiger partial charge in [-0.25, -0.2) is 9.50 Å². The van der Waals surface area contributed by atoms with Gasteiger partial charge in [0.1, 0.15) is 5.75 Å². The Labute approximate surface area is 190 Å². The molecule has 32 heavy (non-hydrogen) atoms. The third-order valence-corrected chi connectivity index (χ3v) is 6.11. The van der Waals surface area contributed by atoms with Crippen molar-refractivity contribution in [3.8, 4) is 5.75 Å². The number of hydrogen-bond donors (Lipinski definition) is 1. The zero-order valence-electron chi connectivity index (χ0n) is 20.1. The predicted molar refractivity (Wildman–Crippen MR) is 127 cm³/mol. The van der Waals surface area contributed by atoms with Gasteiger partial charge in [-0.3, -0.25) is 9.69 Å². The molecule has 1 aromatic carbocycles. The minimum Gasteiger partial charge on any atom is -0.497 e. The molecule has 0 aliphatic rings. The molecule has 3 aromatic rings. The fourth-order valence-corrected chi connectivity index (χ4v) is 4.31. The number of aromatic nitrogens is 3. The van der Waals surface area contributed by atoms with Gasteiger partial charge in [0, 0.05) is 30.4 Å². The van der Waals surface area contributed by atoms with Gasteiger partial charge >= 0.3 is 0 Å². The number of benzene rings is 1. The van der Waals surface area contributed by atoms with Crippen molar-refractivity contribution in [1.82, 2.24) is 24.8 Å². The standard InChI is InChI=1S/C25H35N5O2/c1-7-29(8-2)23(20-10-9-11-21(15-20)32-6)16-26-25(31)13-12-22-18(4)27-24-14-17(3)28-30(24)19(22)5/h9-11,14-15,23H,7-8,12-13,16H2,1-6H3,(H,26,31). The molecule has 0 fully saturated rings. The first kappa shape index (κ1) is 23.7. The van der Waals surface area contributed by atoms with Crippen LogP contribution >= 0.6 is 0 Å². The van der Waals surface area contributed by atoms with Crippen LogP contribution in [0.2, 0.25) is 0 Å². The summed E-state index contributed by atoms with van der Waals surface area (Å²) < 4.78 is 7.27. The first-order chi connectivity index (χ1) is 15.4. The topological polar surface area (TPSA) is 71.8 Å². The van der Waals surface area contributed by atoms with E-state index in [2.05, 4.69) is 46.3 Å². The lowest BCUT2D eigenvalue weighted by Gasteiger charge is -2.30. The number of carbonyl (C=O) groups is 1. The van der Waals surface area contributed by atoms with Crippen LogP contribution in [-0.4, -0.2) is 52.1 Å². The number of aryl methyl sites for hydroxylation is 3. The second-order valence-electron chi connectivity index (χ2n) is 8.13. The maximum Gasteiger partial charge on any atom is 0.220 e. The zero-order chi connectivity index (χ0) is 23.3. The van der Waals surface area contributed by atoms with Gasteiger partial charge in [0.2, 0.25) is 5.91 Å². The van der Waals surface area contributed by atoms with Crippen molar-refractivity contribution in [2.24, 2.45) is 0 Å². The average molecular weight is 438 g/mol. The molecule has 0 bridgehead atoms. The maximum atomic E-state index is 12.8. The summed E-state index contributed by atoms with van der Waals surface area (Å²) in [5.41, 5.74) is 6.03. The minimum atomic E-state index is 0.0422. The molecule has 0 saturated heterocycles. The zero-order valence-corrected chi connectivity index (χ0v) is 20.1. The molecule has 7 nitrogen and oxygen atoms in total. The second kappa shape index (κ2) is 10.6. The van der Waals surface area contributed by atoms with Gasteiger partial charge in [-0.1, -0.05) is 26.0 Å². The van der Waals surface area contributed by atoms with Crippen LogP contribution in [-0.2, 0) is 11.2 Å². The normalized spacial score (nSPS) is 12.3. The third-order valence-electron chi connectivity index (χ3n) is 6.11. The van der Waals surface area contributed by atoms with Crippen LogP contribution in [0.1, 0.15) is 54.5 Å². The highest BCUT2D eigenvalue weighted by Crippen LogP contribution is 2.24. The summed E-state index contributed by atoms with van der Waals surface area (Å²) in [6, 6.07) is 10.2. The molecule has 1 atom stereocenters. The Hall–Kier alpha value is -2.93. The summed E-state index contributed by atoms with van der Waals surface area (Å²) in [7, 11) is 1.67. The molecule has 7 heteroatoms. The Balaban J connectivity index is 1.68. The first-order valence-corrected chi connectivity index (χ1v) is 11.3. The van der Waals surface area contributed by atoms with E-state index in [1.807, 2.05) is 43.5 Å². The summed E-state index contributed by atoms with van der Waals surface area (Å²) in [4.78, 5) is 19.8. The molecule has 3 rings (SSSR count). The van der Waals surface area contributed by atoms with Gasteiger partial charge in [-0.15, -0.1) is 0 Å². The van der Waals surface area contributed by atoms with E-state index in [0.717, 1.165) is 52.7 Å². The summed E-state index contributed by atoms with van der Waals surface area (Å²) in [6.45, 7) is 12.7. The number of nitrogens with one attached hydrogen (secondary N) is 1. The Bertz CT molecular complexity index is 1070. The van der Waals surface area contributed by atoms with Crippen LogP contribution in [0.4, 0.5) is 0 Å².